The normalized spacial score (nSPS) is 18.3. The van der Waals surface area contributed by atoms with Crippen LogP contribution in [-0.4, -0.2) is 28.3 Å². The molecule has 0 spiro atoms. The number of hydrogen-bond acceptors (Lipinski definition) is 4. The predicted octanol–water partition coefficient (Wildman–Crippen LogP) is 2.79. The van der Waals surface area contributed by atoms with E-state index < -0.39 is 8.07 Å². The van der Waals surface area contributed by atoms with Gasteiger partial charge in [0.05, 0.1) is 22.3 Å². The zero-order chi connectivity index (χ0) is 13.5. The van der Waals surface area contributed by atoms with Crippen molar-refractivity contribution in [3.8, 4) is 11.5 Å². The van der Waals surface area contributed by atoms with Crippen LogP contribution in [0, 0.1) is 0 Å². The van der Waals surface area contributed by atoms with Crippen molar-refractivity contribution < 1.29 is 19.0 Å². The largest absolute Gasteiger partial charge is 0.493 e. The van der Waals surface area contributed by atoms with Crippen LogP contribution >= 0.6 is 0 Å². The molecule has 1 aliphatic heterocycles. The van der Waals surface area contributed by atoms with Crippen LogP contribution < -0.4 is 9.47 Å². The van der Waals surface area contributed by atoms with Gasteiger partial charge in [0.25, 0.3) is 0 Å². The predicted molar refractivity (Wildman–Crippen MR) is 71.0 cm³/mol. The molecule has 0 bridgehead atoms. The minimum atomic E-state index is -1.62. The minimum absolute atomic E-state index is 0.111. The molecule has 0 amide bonds. The molecule has 4 nitrogen and oxygen atoms in total. The first-order valence-electron chi connectivity index (χ1n) is 5.86. The van der Waals surface area contributed by atoms with Crippen LogP contribution in [0.25, 0.3) is 0 Å². The van der Waals surface area contributed by atoms with Crippen molar-refractivity contribution in [1.82, 2.24) is 0 Å². The van der Waals surface area contributed by atoms with Crippen molar-refractivity contribution in [2.45, 2.75) is 25.4 Å². The standard InChI is InChI=1S/C13H18O4Si/c1-15-9-7-6-8-10(11(9)16-2)12(14)17-13(8)18(3,4)5/h6-7,13H,1-5H3. The second-order valence-corrected chi connectivity index (χ2v) is 10.7. The summed E-state index contributed by atoms with van der Waals surface area (Å²) in [4.78, 5) is 12.0. The average molecular weight is 266 g/mol. The summed E-state index contributed by atoms with van der Waals surface area (Å²) < 4.78 is 16.0. The van der Waals surface area contributed by atoms with Crippen LogP contribution in [0.5, 0.6) is 11.5 Å². The monoisotopic (exact) mass is 266 g/mol. The topological polar surface area (TPSA) is 44.8 Å². The maximum absolute atomic E-state index is 12.0. The van der Waals surface area contributed by atoms with Gasteiger partial charge in [0.1, 0.15) is 11.3 Å². The number of methoxy groups -OCH3 is 2. The fraction of sp³-hybridized carbons (Fsp3) is 0.462. The van der Waals surface area contributed by atoms with E-state index in [0.29, 0.717) is 17.1 Å². The van der Waals surface area contributed by atoms with Gasteiger partial charge in [0.15, 0.2) is 11.5 Å². The lowest BCUT2D eigenvalue weighted by Gasteiger charge is -2.24. The molecule has 5 heteroatoms. The van der Waals surface area contributed by atoms with Gasteiger partial charge in [-0.25, -0.2) is 4.79 Å². The number of fused-ring (bicyclic) bond motifs is 1. The summed E-state index contributed by atoms with van der Waals surface area (Å²) in [5.74, 6) is 0.721. The number of rotatable bonds is 3. The van der Waals surface area contributed by atoms with E-state index in [4.69, 9.17) is 14.2 Å². The Hall–Kier alpha value is -1.49. The van der Waals surface area contributed by atoms with Gasteiger partial charge >= 0.3 is 5.97 Å². The van der Waals surface area contributed by atoms with Gasteiger partial charge in [-0.1, -0.05) is 25.7 Å². The molecule has 0 saturated heterocycles. The molecule has 1 atom stereocenters. The third-order valence-electron chi connectivity index (χ3n) is 3.08. The lowest BCUT2D eigenvalue weighted by molar-refractivity contribution is 0.0495. The maximum Gasteiger partial charge on any atom is 0.342 e. The van der Waals surface area contributed by atoms with Gasteiger partial charge in [-0.15, -0.1) is 0 Å². The smallest absolute Gasteiger partial charge is 0.342 e. The summed E-state index contributed by atoms with van der Waals surface area (Å²) in [6.45, 7) is 6.53. The summed E-state index contributed by atoms with van der Waals surface area (Å²) in [5.41, 5.74) is 1.33. The van der Waals surface area contributed by atoms with Gasteiger partial charge in [0.2, 0.25) is 0 Å². The van der Waals surface area contributed by atoms with E-state index in [9.17, 15) is 4.79 Å². The molecule has 0 radical (unpaired) electrons. The van der Waals surface area contributed by atoms with E-state index in [-0.39, 0.29) is 11.7 Å². The van der Waals surface area contributed by atoms with Gasteiger partial charge in [-0.3, -0.25) is 0 Å². The highest BCUT2D eigenvalue weighted by Crippen LogP contribution is 2.44. The highest BCUT2D eigenvalue weighted by molar-refractivity contribution is 6.77. The molecule has 0 saturated carbocycles. The molecule has 0 aliphatic carbocycles. The third kappa shape index (κ3) is 1.88. The zero-order valence-electron chi connectivity index (χ0n) is 11.4. The molecular formula is C13H18O4Si. The molecule has 1 unspecified atom stereocenters. The summed E-state index contributed by atoms with van der Waals surface area (Å²) in [6.07, 6.45) is 0. The van der Waals surface area contributed by atoms with Crippen molar-refractivity contribution in [1.29, 1.82) is 0 Å². The van der Waals surface area contributed by atoms with Crippen LogP contribution in [0.2, 0.25) is 19.6 Å². The van der Waals surface area contributed by atoms with Crippen LogP contribution in [0.1, 0.15) is 21.6 Å². The number of benzene rings is 1. The van der Waals surface area contributed by atoms with E-state index in [1.165, 1.54) is 7.11 Å². The van der Waals surface area contributed by atoms with E-state index in [0.717, 1.165) is 5.56 Å². The molecule has 1 aromatic carbocycles. The lowest BCUT2D eigenvalue weighted by atomic mass is 10.1. The van der Waals surface area contributed by atoms with Crippen LogP contribution in [0.3, 0.4) is 0 Å². The Balaban J connectivity index is 2.61. The lowest BCUT2D eigenvalue weighted by Crippen LogP contribution is -2.30. The fourth-order valence-electron chi connectivity index (χ4n) is 2.24. The first-order chi connectivity index (χ1) is 8.40. The summed E-state index contributed by atoms with van der Waals surface area (Å²) in [6, 6.07) is 3.73. The third-order valence-corrected chi connectivity index (χ3v) is 5.08. The molecule has 1 heterocycles. The maximum atomic E-state index is 12.0. The SMILES string of the molecule is COc1ccc2c(c1OC)C(=O)OC2[Si](C)(C)C. The number of esters is 1. The van der Waals surface area contributed by atoms with Crippen molar-refractivity contribution >= 4 is 14.0 Å². The Morgan fingerprint density at radius 3 is 2.33 bits per heavy atom. The zero-order valence-corrected chi connectivity index (χ0v) is 12.4. The summed E-state index contributed by atoms with van der Waals surface area (Å²) in [7, 11) is 1.47. The molecular weight excluding hydrogens is 248 g/mol. The van der Waals surface area contributed by atoms with Gasteiger partial charge in [0, 0.05) is 5.56 Å². The molecule has 2 rings (SSSR count). The van der Waals surface area contributed by atoms with E-state index in [2.05, 4.69) is 19.6 Å². The van der Waals surface area contributed by atoms with E-state index in [1.807, 2.05) is 12.1 Å². The molecule has 0 fully saturated rings. The second-order valence-electron chi connectivity index (χ2n) is 5.42. The Morgan fingerprint density at radius 2 is 1.83 bits per heavy atom. The number of cyclic esters (lactones) is 1. The van der Waals surface area contributed by atoms with Crippen molar-refractivity contribution in [3.05, 3.63) is 23.3 Å². The Kier molecular flexibility index (Phi) is 3.10. The van der Waals surface area contributed by atoms with Crippen molar-refractivity contribution in [2.24, 2.45) is 0 Å². The van der Waals surface area contributed by atoms with Crippen LogP contribution in [-0.2, 0) is 4.74 Å². The molecule has 18 heavy (non-hydrogen) atoms. The number of carbonyl (C=O) groups is 1. The molecule has 98 valence electrons. The average Bonchev–Trinajstić information content (AvgIpc) is 2.65. The summed E-state index contributed by atoms with van der Waals surface area (Å²) >= 11 is 0. The van der Waals surface area contributed by atoms with Gasteiger partial charge in [-0.2, -0.15) is 0 Å². The fourth-order valence-corrected chi connectivity index (χ4v) is 3.88. The Labute approximate surface area is 108 Å². The molecule has 1 aromatic rings. The van der Waals surface area contributed by atoms with Gasteiger partial charge in [-0.05, 0) is 6.07 Å². The Bertz CT molecular complexity index is 490. The van der Waals surface area contributed by atoms with Crippen LogP contribution in [0.4, 0.5) is 0 Å². The van der Waals surface area contributed by atoms with E-state index in [1.54, 1.807) is 7.11 Å². The number of carbonyl (C=O) groups excluding carboxylic acids is 1. The first-order valence-corrected chi connectivity index (χ1v) is 9.43. The number of hydrogen-bond donors (Lipinski definition) is 0. The van der Waals surface area contributed by atoms with E-state index >= 15 is 0 Å². The molecule has 0 aromatic heterocycles. The first kappa shape index (κ1) is 13.0. The molecule has 0 N–H and O–H groups in total. The van der Waals surface area contributed by atoms with Gasteiger partial charge < -0.3 is 14.2 Å². The molecule has 1 aliphatic rings. The number of ether oxygens (including phenoxy) is 3. The highest BCUT2D eigenvalue weighted by atomic mass is 28.3. The Morgan fingerprint density at radius 1 is 1.17 bits per heavy atom. The minimum Gasteiger partial charge on any atom is -0.493 e. The second kappa shape index (κ2) is 4.31. The quantitative estimate of drug-likeness (QED) is 0.623. The summed E-state index contributed by atoms with van der Waals surface area (Å²) in [5, 5.41) is 0. The highest BCUT2D eigenvalue weighted by Gasteiger charge is 2.42. The van der Waals surface area contributed by atoms with Crippen molar-refractivity contribution in [2.75, 3.05) is 14.2 Å². The van der Waals surface area contributed by atoms with Crippen LogP contribution in [0.15, 0.2) is 12.1 Å². The van der Waals surface area contributed by atoms with Crippen molar-refractivity contribution in [3.63, 3.8) is 0 Å².